The van der Waals surface area contributed by atoms with E-state index in [0.717, 1.165) is 44.9 Å². The molecule has 0 heterocycles. The Balaban J connectivity index is 4.47. The number of esters is 1. The maximum atomic E-state index is 13.1. The summed E-state index contributed by atoms with van der Waals surface area (Å²) in [5.41, 5.74) is 0. The van der Waals surface area contributed by atoms with Crippen molar-refractivity contribution in [3.63, 3.8) is 0 Å². The number of allylic oxidation sites excluding steroid dienone is 2. The number of aliphatic hydroxyl groups excluding tert-OH is 2. The Morgan fingerprint density at radius 3 is 1.31 bits per heavy atom. The smallest absolute Gasteiger partial charge is 0.306 e. The molecule has 0 aromatic heterocycles. The van der Waals surface area contributed by atoms with E-state index < -0.39 is 18.2 Å². The van der Waals surface area contributed by atoms with E-state index in [1.54, 1.807) is 0 Å². The van der Waals surface area contributed by atoms with Gasteiger partial charge in [0.05, 0.1) is 25.2 Å². The van der Waals surface area contributed by atoms with Gasteiger partial charge in [-0.15, -0.1) is 0 Å². The van der Waals surface area contributed by atoms with E-state index >= 15 is 0 Å². The fourth-order valence-corrected chi connectivity index (χ4v) is 7.60. The van der Waals surface area contributed by atoms with Crippen LogP contribution in [0.4, 0.5) is 0 Å². The summed E-state index contributed by atoms with van der Waals surface area (Å²) in [6.07, 6.45) is 47.0. The Kier molecular flexibility index (Phi) is 42.6. The normalized spacial score (nSPS) is 13.3. The number of amides is 1. The lowest BCUT2D eigenvalue weighted by Gasteiger charge is -2.24. The second kappa shape index (κ2) is 43.7. The van der Waals surface area contributed by atoms with Gasteiger partial charge in [-0.25, -0.2) is 0 Å². The van der Waals surface area contributed by atoms with Gasteiger partial charge in [-0.1, -0.05) is 213 Å². The maximum absolute atomic E-state index is 13.1. The molecule has 0 aromatic rings. The number of nitrogens with one attached hydrogen (secondary N) is 1. The summed E-state index contributed by atoms with van der Waals surface area (Å²) in [4.78, 5) is 26.0. The molecule has 1 amide bonds. The minimum atomic E-state index is -0.780. The van der Waals surface area contributed by atoms with Crippen LogP contribution >= 0.6 is 0 Å². The van der Waals surface area contributed by atoms with Crippen molar-refractivity contribution in [2.75, 3.05) is 6.61 Å². The van der Waals surface area contributed by atoms with Crippen molar-refractivity contribution >= 4 is 11.9 Å². The Bertz CT molecular complexity index is 832. The monoisotopic (exact) mass is 778 g/mol. The van der Waals surface area contributed by atoms with E-state index in [9.17, 15) is 19.8 Å². The number of hydrogen-bond acceptors (Lipinski definition) is 5. The minimum absolute atomic E-state index is 0.0820. The highest BCUT2D eigenvalue weighted by molar-refractivity contribution is 5.77. The van der Waals surface area contributed by atoms with E-state index in [1.165, 1.54) is 173 Å². The van der Waals surface area contributed by atoms with Crippen LogP contribution in [-0.2, 0) is 14.3 Å². The molecular weight excluding hydrogens is 683 g/mol. The highest BCUT2D eigenvalue weighted by Gasteiger charge is 2.24. The molecule has 0 spiro atoms. The average molecular weight is 778 g/mol. The number of rotatable bonds is 44. The second-order valence-electron chi connectivity index (χ2n) is 16.9. The van der Waals surface area contributed by atoms with Crippen molar-refractivity contribution in [3.05, 3.63) is 12.2 Å². The number of aliphatic hydroxyl groups is 2. The molecule has 0 saturated carbocycles. The quantitative estimate of drug-likeness (QED) is 0.0325. The summed E-state index contributed by atoms with van der Waals surface area (Å²) in [5, 5.41) is 23.7. The molecule has 3 atom stereocenters. The fraction of sp³-hybridized carbons (Fsp3) is 0.918. The predicted octanol–water partition coefficient (Wildman–Crippen LogP) is 14.2. The summed E-state index contributed by atoms with van der Waals surface area (Å²) >= 11 is 0. The van der Waals surface area contributed by atoms with Crippen LogP contribution in [0.2, 0.25) is 0 Å². The molecule has 0 fully saturated rings. The zero-order valence-electron chi connectivity index (χ0n) is 37.1. The van der Waals surface area contributed by atoms with Crippen LogP contribution in [-0.4, -0.2) is 46.9 Å². The fourth-order valence-electron chi connectivity index (χ4n) is 7.60. The predicted molar refractivity (Wildman–Crippen MR) is 237 cm³/mol. The molecule has 0 bridgehead atoms. The molecule has 0 aliphatic heterocycles. The Morgan fingerprint density at radius 1 is 0.509 bits per heavy atom. The third-order valence-electron chi connectivity index (χ3n) is 11.3. The van der Waals surface area contributed by atoms with Crippen molar-refractivity contribution < 1.29 is 24.5 Å². The molecule has 0 radical (unpaired) electrons. The van der Waals surface area contributed by atoms with Crippen molar-refractivity contribution in [1.82, 2.24) is 5.32 Å². The number of unbranched alkanes of at least 4 members (excludes halogenated alkanes) is 30. The Labute approximate surface area is 342 Å². The SMILES string of the molecule is CCCCCC/C=C\CCCCCCCCCC(=O)OC(CCCCCCCCCCC)CC(=O)NC(CO)C(O)CCCCCCCCCCCCCC. The summed E-state index contributed by atoms with van der Waals surface area (Å²) in [7, 11) is 0. The van der Waals surface area contributed by atoms with E-state index in [4.69, 9.17) is 4.74 Å². The van der Waals surface area contributed by atoms with Crippen LogP contribution in [0.15, 0.2) is 12.2 Å². The molecule has 0 aromatic carbocycles. The number of ether oxygens (including phenoxy) is 1. The molecule has 0 aliphatic carbocycles. The summed E-state index contributed by atoms with van der Waals surface area (Å²) in [6, 6.07) is -0.693. The third-order valence-corrected chi connectivity index (χ3v) is 11.3. The molecular formula is C49H95NO5. The molecule has 326 valence electrons. The van der Waals surface area contributed by atoms with Crippen molar-refractivity contribution in [2.24, 2.45) is 0 Å². The van der Waals surface area contributed by atoms with Crippen LogP contribution in [0.1, 0.15) is 265 Å². The minimum Gasteiger partial charge on any atom is -0.462 e. The zero-order valence-corrected chi connectivity index (χ0v) is 37.1. The van der Waals surface area contributed by atoms with Gasteiger partial charge in [0, 0.05) is 6.42 Å². The van der Waals surface area contributed by atoms with Crippen molar-refractivity contribution in [1.29, 1.82) is 0 Å². The van der Waals surface area contributed by atoms with Crippen LogP contribution in [0.3, 0.4) is 0 Å². The first-order chi connectivity index (χ1) is 27.0. The summed E-state index contributed by atoms with van der Waals surface area (Å²) in [5.74, 6) is -0.468. The first kappa shape index (κ1) is 53.6. The van der Waals surface area contributed by atoms with Gasteiger partial charge >= 0.3 is 5.97 Å². The third kappa shape index (κ3) is 39.2. The standard InChI is InChI=1S/C49H95NO5/c1-4-7-10-13-16-19-21-23-24-25-27-30-33-36-39-42-49(54)55-45(40-37-34-31-28-18-15-12-9-6-3)43-48(53)50-46(44-51)47(52)41-38-35-32-29-26-22-20-17-14-11-8-5-2/h19,21,45-47,51-52H,4-18,20,22-44H2,1-3H3,(H,50,53)/b21-19-. The summed E-state index contributed by atoms with van der Waals surface area (Å²) < 4.78 is 5.91. The van der Waals surface area contributed by atoms with Crippen LogP contribution < -0.4 is 5.32 Å². The number of carbonyl (C=O) groups excluding carboxylic acids is 2. The van der Waals surface area contributed by atoms with Crippen molar-refractivity contribution in [3.8, 4) is 0 Å². The molecule has 3 N–H and O–H groups in total. The molecule has 3 unspecified atom stereocenters. The van der Waals surface area contributed by atoms with Gasteiger partial charge in [0.15, 0.2) is 0 Å². The molecule has 6 nitrogen and oxygen atoms in total. The van der Waals surface area contributed by atoms with Gasteiger partial charge in [-0.3, -0.25) is 9.59 Å². The number of hydrogen-bond donors (Lipinski definition) is 3. The molecule has 55 heavy (non-hydrogen) atoms. The van der Waals surface area contributed by atoms with Gasteiger partial charge in [-0.2, -0.15) is 0 Å². The van der Waals surface area contributed by atoms with Crippen LogP contribution in [0, 0.1) is 0 Å². The van der Waals surface area contributed by atoms with E-state index in [1.807, 2.05) is 0 Å². The van der Waals surface area contributed by atoms with Crippen molar-refractivity contribution in [2.45, 2.75) is 283 Å². The molecule has 6 heteroatoms. The van der Waals surface area contributed by atoms with E-state index in [-0.39, 0.29) is 24.9 Å². The highest BCUT2D eigenvalue weighted by atomic mass is 16.5. The van der Waals surface area contributed by atoms with Gasteiger partial charge < -0.3 is 20.3 Å². The topological polar surface area (TPSA) is 95.9 Å². The maximum Gasteiger partial charge on any atom is 0.306 e. The van der Waals surface area contributed by atoms with Gasteiger partial charge in [-0.05, 0) is 51.4 Å². The van der Waals surface area contributed by atoms with E-state index in [2.05, 4.69) is 38.2 Å². The lowest BCUT2D eigenvalue weighted by molar-refractivity contribution is -0.151. The average Bonchev–Trinajstić information content (AvgIpc) is 3.18. The van der Waals surface area contributed by atoms with Gasteiger partial charge in [0.2, 0.25) is 5.91 Å². The Hall–Kier alpha value is -1.40. The first-order valence-corrected chi connectivity index (χ1v) is 24.4. The van der Waals surface area contributed by atoms with Crippen LogP contribution in [0.5, 0.6) is 0 Å². The largest absolute Gasteiger partial charge is 0.462 e. The Morgan fingerprint density at radius 2 is 0.873 bits per heavy atom. The second-order valence-corrected chi connectivity index (χ2v) is 16.9. The molecule has 0 saturated heterocycles. The summed E-state index contributed by atoms with van der Waals surface area (Å²) in [6.45, 7) is 6.46. The highest BCUT2D eigenvalue weighted by Crippen LogP contribution is 2.18. The van der Waals surface area contributed by atoms with E-state index in [0.29, 0.717) is 19.3 Å². The van der Waals surface area contributed by atoms with Gasteiger partial charge in [0.25, 0.3) is 0 Å². The first-order valence-electron chi connectivity index (χ1n) is 24.4. The zero-order chi connectivity index (χ0) is 40.3. The lowest BCUT2D eigenvalue weighted by Crippen LogP contribution is -2.46. The lowest BCUT2D eigenvalue weighted by atomic mass is 10.0. The van der Waals surface area contributed by atoms with Crippen LogP contribution in [0.25, 0.3) is 0 Å². The van der Waals surface area contributed by atoms with Gasteiger partial charge in [0.1, 0.15) is 6.10 Å². The molecule has 0 rings (SSSR count). The molecule has 0 aliphatic rings. The number of carbonyl (C=O) groups is 2.